The molecule has 3 aromatic rings. The number of amidine groups is 1. The van der Waals surface area contributed by atoms with Gasteiger partial charge in [0.2, 0.25) is 17.9 Å². The zero-order valence-electron chi connectivity index (χ0n) is 17.1. The largest absolute Gasteiger partial charge is 0.481 e. The summed E-state index contributed by atoms with van der Waals surface area (Å²) in [4.78, 5) is 25.5. The van der Waals surface area contributed by atoms with Gasteiger partial charge in [-0.25, -0.2) is 9.98 Å². The number of aromatic nitrogens is 1. The molecule has 1 aromatic heterocycles. The Hall–Kier alpha value is -4.53. The molecule has 0 aliphatic carbocycles. The van der Waals surface area contributed by atoms with Gasteiger partial charge in [-0.05, 0) is 12.1 Å². The second-order valence-electron chi connectivity index (χ2n) is 6.74. The summed E-state index contributed by atoms with van der Waals surface area (Å²) in [5.41, 5.74) is 9.10. The number of amides is 1. The number of aliphatic imine (C=N–C) groups is 2. The number of anilines is 1. The highest BCUT2D eigenvalue weighted by Crippen LogP contribution is 2.24. The van der Waals surface area contributed by atoms with E-state index in [1.807, 2.05) is 48.5 Å². The zero-order chi connectivity index (χ0) is 22.5. The van der Waals surface area contributed by atoms with Gasteiger partial charge in [0.05, 0.1) is 18.5 Å². The van der Waals surface area contributed by atoms with Crippen molar-refractivity contribution >= 4 is 29.2 Å². The first-order valence-corrected chi connectivity index (χ1v) is 9.68. The average molecular weight is 428 g/mol. The number of nitrogens with one attached hydrogen (secondary N) is 2. The van der Waals surface area contributed by atoms with Crippen LogP contribution in [0.25, 0.3) is 0 Å². The number of nitrogens with two attached hydrogens (primary N) is 1. The van der Waals surface area contributed by atoms with Crippen LogP contribution in [0.3, 0.4) is 0 Å². The minimum atomic E-state index is -1.20. The standard InChI is InChI=1S/C23H20N6O3/c1-31-18-13-15(11-12-26-18)20(24)32-23(25)29-21-22(30)27-17-10-6-5-9-16(17)19(28-21)14-7-3-2-4-8-14/h2-13,21,24H,1H3,(H2,25,29)(H,27,30). The lowest BCUT2D eigenvalue weighted by molar-refractivity contribution is -0.117. The van der Waals surface area contributed by atoms with Gasteiger partial charge >= 0.3 is 0 Å². The first kappa shape index (κ1) is 20.7. The van der Waals surface area contributed by atoms with E-state index in [1.54, 1.807) is 12.1 Å². The zero-order valence-corrected chi connectivity index (χ0v) is 17.1. The van der Waals surface area contributed by atoms with Gasteiger partial charge < -0.3 is 20.5 Å². The Kier molecular flexibility index (Phi) is 5.89. The number of carbonyl (C=O) groups excluding carboxylic acids is 1. The molecule has 4 rings (SSSR count). The van der Waals surface area contributed by atoms with Crippen LogP contribution in [0.2, 0.25) is 0 Å². The molecule has 160 valence electrons. The van der Waals surface area contributed by atoms with E-state index in [2.05, 4.69) is 20.3 Å². The van der Waals surface area contributed by atoms with Crippen molar-refractivity contribution in [1.29, 1.82) is 5.41 Å². The molecule has 0 saturated heterocycles. The van der Waals surface area contributed by atoms with Crippen molar-refractivity contribution in [2.75, 3.05) is 12.4 Å². The number of pyridine rings is 1. The number of hydrogen-bond donors (Lipinski definition) is 3. The molecule has 32 heavy (non-hydrogen) atoms. The number of benzene rings is 2. The van der Waals surface area contributed by atoms with Crippen LogP contribution in [0.5, 0.6) is 5.88 Å². The number of nitrogens with zero attached hydrogens (tertiary/aromatic N) is 3. The minimum Gasteiger partial charge on any atom is -0.481 e. The minimum absolute atomic E-state index is 0.267. The highest BCUT2D eigenvalue weighted by atomic mass is 16.5. The Morgan fingerprint density at radius 3 is 2.66 bits per heavy atom. The van der Waals surface area contributed by atoms with E-state index in [9.17, 15) is 4.79 Å². The first-order valence-electron chi connectivity index (χ1n) is 9.68. The SMILES string of the molecule is COc1cc(C(=N)O/C(N)=N/C2N=C(c3ccccc3)c3ccccc3NC2=O)ccn1. The number of hydrogen-bond acceptors (Lipinski definition) is 7. The lowest BCUT2D eigenvalue weighted by Crippen LogP contribution is -2.29. The lowest BCUT2D eigenvalue weighted by Gasteiger charge is -2.10. The molecule has 0 spiro atoms. The average Bonchev–Trinajstić information content (AvgIpc) is 2.96. The predicted octanol–water partition coefficient (Wildman–Crippen LogP) is 2.56. The summed E-state index contributed by atoms with van der Waals surface area (Å²) >= 11 is 0. The van der Waals surface area contributed by atoms with Crippen LogP contribution in [0.15, 0.2) is 82.9 Å². The third-order valence-corrected chi connectivity index (χ3v) is 4.64. The van der Waals surface area contributed by atoms with E-state index in [0.29, 0.717) is 22.8 Å². The molecule has 2 heterocycles. The number of ether oxygens (including phenoxy) is 2. The van der Waals surface area contributed by atoms with Crippen molar-refractivity contribution in [1.82, 2.24) is 4.98 Å². The summed E-state index contributed by atoms with van der Waals surface area (Å²) < 4.78 is 10.4. The Bertz CT molecular complexity index is 1220. The fourth-order valence-electron chi connectivity index (χ4n) is 3.13. The maximum atomic E-state index is 12.8. The van der Waals surface area contributed by atoms with E-state index in [0.717, 1.165) is 11.1 Å². The topological polar surface area (TPSA) is 135 Å². The lowest BCUT2D eigenvalue weighted by atomic mass is 10.0. The van der Waals surface area contributed by atoms with Crippen LogP contribution >= 0.6 is 0 Å². The van der Waals surface area contributed by atoms with E-state index in [1.165, 1.54) is 19.4 Å². The van der Waals surface area contributed by atoms with Gasteiger partial charge in [0.25, 0.3) is 11.9 Å². The van der Waals surface area contributed by atoms with E-state index < -0.39 is 12.1 Å². The molecule has 1 aliphatic heterocycles. The number of fused-ring (bicyclic) bond motifs is 1. The van der Waals surface area contributed by atoms with Crippen molar-refractivity contribution in [3.8, 4) is 5.88 Å². The Balaban J connectivity index is 1.65. The van der Waals surface area contributed by atoms with Gasteiger partial charge in [0.1, 0.15) is 0 Å². The van der Waals surface area contributed by atoms with E-state index in [-0.39, 0.29) is 11.9 Å². The first-order chi connectivity index (χ1) is 15.5. The summed E-state index contributed by atoms with van der Waals surface area (Å²) in [5, 5.41) is 10.9. The monoisotopic (exact) mass is 428 g/mol. The van der Waals surface area contributed by atoms with Crippen LogP contribution in [-0.4, -0.2) is 41.8 Å². The molecule has 1 amide bonds. The van der Waals surface area contributed by atoms with Crippen LogP contribution in [0.4, 0.5) is 5.69 Å². The molecule has 9 nitrogen and oxygen atoms in total. The normalized spacial score (nSPS) is 15.7. The Labute approximate surface area is 184 Å². The van der Waals surface area contributed by atoms with Crippen molar-refractivity contribution < 1.29 is 14.3 Å². The Morgan fingerprint density at radius 1 is 1.12 bits per heavy atom. The summed E-state index contributed by atoms with van der Waals surface area (Å²) in [6.45, 7) is 0. The van der Waals surface area contributed by atoms with Crippen molar-refractivity contribution in [2.24, 2.45) is 15.7 Å². The maximum Gasteiger partial charge on any atom is 0.291 e. The fourth-order valence-corrected chi connectivity index (χ4v) is 3.13. The van der Waals surface area contributed by atoms with Crippen LogP contribution in [0.1, 0.15) is 16.7 Å². The van der Waals surface area contributed by atoms with Crippen LogP contribution in [0, 0.1) is 5.41 Å². The highest BCUT2D eigenvalue weighted by Gasteiger charge is 2.26. The smallest absolute Gasteiger partial charge is 0.291 e. The number of carbonyl (C=O) groups is 1. The summed E-state index contributed by atoms with van der Waals surface area (Å²) in [6.07, 6.45) is 0.281. The molecule has 0 radical (unpaired) electrons. The predicted molar refractivity (Wildman–Crippen MR) is 121 cm³/mol. The molecule has 1 aliphatic rings. The van der Waals surface area contributed by atoms with E-state index >= 15 is 0 Å². The molecule has 9 heteroatoms. The van der Waals surface area contributed by atoms with Gasteiger partial charge in [0.15, 0.2) is 0 Å². The highest BCUT2D eigenvalue weighted by molar-refractivity contribution is 6.19. The van der Waals surface area contributed by atoms with Crippen molar-refractivity contribution in [3.63, 3.8) is 0 Å². The van der Waals surface area contributed by atoms with Crippen molar-refractivity contribution in [3.05, 3.63) is 89.6 Å². The molecular formula is C23H20N6O3. The summed E-state index contributed by atoms with van der Waals surface area (Å²) in [7, 11) is 1.47. The number of methoxy groups -OCH3 is 1. The summed E-state index contributed by atoms with van der Waals surface area (Å²) in [5.74, 6) is -0.409. The van der Waals surface area contributed by atoms with Gasteiger partial charge in [0, 0.05) is 29.0 Å². The second kappa shape index (κ2) is 9.09. The molecule has 0 saturated carbocycles. The third-order valence-electron chi connectivity index (χ3n) is 4.64. The molecule has 0 fully saturated rings. The molecule has 4 N–H and O–H groups in total. The third kappa shape index (κ3) is 4.46. The fraction of sp³-hybridized carbons (Fsp3) is 0.0870. The number of benzodiazepines with no additional fused rings is 1. The summed E-state index contributed by atoms with van der Waals surface area (Å²) in [6, 6.07) is 19.6. The molecule has 1 atom stereocenters. The van der Waals surface area contributed by atoms with Crippen LogP contribution < -0.4 is 15.8 Å². The molecule has 0 bridgehead atoms. The van der Waals surface area contributed by atoms with Gasteiger partial charge in [-0.15, -0.1) is 0 Å². The van der Waals surface area contributed by atoms with Gasteiger partial charge in [-0.3, -0.25) is 10.2 Å². The van der Waals surface area contributed by atoms with Crippen molar-refractivity contribution in [2.45, 2.75) is 6.17 Å². The Morgan fingerprint density at radius 2 is 1.88 bits per heavy atom. The number of rotatable bonds is 4. The van der Waals surface area contributed by atoms with Gasteiger partial charge in [-0.2, -0.15) is 4.99 Å². The molecule has 1 unspecified atom stereocenters. The van der Waals surface area contributed by atoms with Gasteiger partial charge in [-0.1, -0.05) is 48.5 Å². The van der Waals surface area contributed by atoms with E-state index in [4.69, 9.17) is 20.6 Å². The molecular weight excluding hydrogens is 408 g/mol. The number of para-hydroxylation sites is 1. The van der Waals surface area contributed by atoms with Crippen LogP contribution in [-0.2, 0) is 9.53 Å². The quantitative estimate of drug-likeness (QED) is 0.434. The maximum absolute atomic E-state index is 12.8. The molecule has 2 aromatic carbocycles. The second-order valence-corrected chi connectivity index (χ2v) is 6.74.